The predicted octanol–water partition coefficient (Wildman–Crippen LogP) is 4.98. The van der Waals surface area contributed by atoms with E-state index in [-0.39, 0.29) is 4.48 Å². The lowest BCUT2D eigenvalue weighted by Gasteiger charge is -2.29. The van der Waals surface area contributed by atoms with Gasteiger partial charge in [0.25, 0.3) is 5.92 Å². The van der Waals surface area contributed by atoms with Gasteiger partial charge < -0.3 is 0 Å². The average molecular weight is 350 g/mol. The molecule has 0 N–H and O–H groups in total. The summed E-state index contributed by atoms with van der Waals surface area (Å²) >= 11 is 6.13. The smallest absolute Gasteiger partial charge is 0.200 e. The highest BCUT2D eigenvalue weighted by molar-refractivity contribution is 9.12. The Morgan fingerprint density at radius 2 is 1.62 bits per heavy atom. The van der Waals surface area contributed by atoms with Crippen LogP contribution in [-0.4, -0.2) is 5.92 Å². The molecule has 1 atom stereocenters. The third kappa shape index (κ3) is 2.00. The number of rotatable bonds is 1. The second-order valence-corrected chi connectivity index (χ2v) is 5.30. The Morgan fingerprint density at radius 1 is 1.00 bits per heavy atom. The molecular formula is C12H8Br2F2. The van der Waals surface area contributed by atoms with Crippen LogP contribution in [-0.2, 0) is 0 Å². The largest absolute Gasteiger partial charge is 0.290 e. The zero-order chi connectivity index (χ0) is 11.8. The Labute approximate surface area is 109 Å². The molecule has 0 saturated heterocycles. The van der Waals surface area contributed by atoms with Crippen molar-refractivity contribution in [1.82, 2.24) is 0 Å². The van der Waals surface area contributed by atoms with E-state index in [1.165, 1.54) is 6.08 Å². The summed E-state index contributed by atoms with van der Waals surface area (Å²) < 4.78 is 28.4. The van der Waals surface area contributed by atoms with E-state index in [9.17, 15) is 8.78 Å². The van der Waals surface area contributed by atoms with Gasteiger partial charge in [0.05, 0.1) is 10.4 Å². The molecule has 1 aromatic carbocycles. The lowest BCUT2D eigenvalue weighted by atomic mass is 9.89. The Morgan fingerprint density at radius 3 is 2.25 bits per heavy atom. The number of benzene rings is 1. The Hall–Kier alpha value is -0.480. The van der Waals surface area contributed by atoms with Gasteiger partial charge in [-0.25, -0.2) is 0 Å². The normalized spacial score (nSPS) is 23.6. The monoisotopic (exact) mass is 348 g/mol. The molecule has 0 saturated carbocycles. The van der Waals surface area contributed by atoms with E-state index in [0.717, 1.165) is 0 Å². The molecule has 0 aliphatic heterocycles. The van der Waals surface area contributed by atoms with Gasteiger partial charge in [-0.15, -0.1) is 0 Å². The van der Waals surface area contributed by atoms with E-state index in [4.69, 9.17) is 0 Å². The molecule has 2 rings (SSSR count). The zero-order valence-corrected chi connectivity index (χ0v) is 11.3. The van der Waals surface area contributed by atoms with Crippen molar-refractivity contribution in [3.8, 4) is 0 Å². The quantitative estimate of drug-likeness (QED) is 0.671. The van der Waals surface area contributed by atoms with Crippen LogP contribution in [0.25, 0.3) is 0 Å². The first-order valence-corrected chi connectivity index (χ1v) is 6.28. The van der Waals surface area contributed by atoms with Crippen LogP contribution in [0.2, 0.25) is 0 Å². The van der Waals surface area contributed by atoms with Crippen LogP contribution in [0.4, 0.5) is 8.78 Å². The maximum Gasteiger partial charge on any atom is 0.290 e. The lowest BCUT2D eigenvalue weighted by Crippen LogP contribution is -2.28. The third-order valence-electron chi connectivity index (χ3n) is 2.48. The van der Waals surface area contributed by atoms with E-state index in [2.05, 4.69) is 31.9 Å². The van der Waals surface area contributed by atoms with Gasteiger partial charge in [0.2, 0.25) is 0 Å². The van der Waals surface area contributed by atoms with Gasteiger partial charge >= 0.3 is 0 Å². The summed E-state index contributed by atoms with van der Waals surface area (Å²) in [6.45, 7) is 0. The second-order valence-electron chi connectivity index (χ2n) is 3.53. The highest BCUT2D eigenvalue weighted by Crippen LogP contribution is 2.49. The molecule has 0 fully saturated rings. The van der Waals surface area contributed by atoms with Crippen molar-refractivity contribution < 1.29 is 8.78 Å². The van der Waals surface area contributed by atoms with E-state index < -0.39 is 11.8 Å². The van der Waals surface area contributed by atoms with Crippen molar-refractivity contribution in [1.29, 1.82) is 0 Å². The summed E-state index contributed by atoms with van der Waals surface area (Å²) in [6, 6.07) is 8.75. The molecule has 84 valence electrons. The number of alkyl halides is 2. The van der Waals surface area contributed by atoms with Crippen LogP contribution in [0, 0.1) is 0 Å². The molecule has 0 aromatic heterocycles. The zero-order valence-electron chi connectivity index (χ0n) is 8.13. The average Bonchev–Trinajstić information content (AvgIpc) is 2.25. The summed E-state index contributed by atoms with van der Waals surface area (Å²) in [5, 5.41) is 0. The minimum atomic E-state index is -2.91. The van der Waals surface area contributed by atoms with Gasteiger partial charge in [0, 0.05) is 4.48 Å². The molecule has 1 unspecified atom stereocenters. The number of allylic oxidation sites excluding steroid dienone is 4. The molecule has 1 aliphatic carbocycles. The molecule has 16 heavy (non-hydrogen) atoms. The summed E-state index contributed by atoms with van der Waals surface area (Å²) in [7, 11) is 0. The summed E-state index contributed by atoms with van der Waals surface area (Å²) in [5.74, 6) is -3.86. The van der Waals surface area contributed by atoms with Crippen LogP contribution >= 0.6 is 31.9 Å². The van der Waals surface area contributed by atoms with Crippen LogP contribution in [0.15, 0.2) is 51.4 Å². The van der Waals surface area contributed by atoms with Crippen molar-refractivity contribution in [2.24, 2.45) is 0 Å². The Bertz CT molecular complexity index is 449. The van der Waals surface area contributed by atoms with Crippen LogP contribution in [0.5, 0.6) is 0 Å². The first-order valence-electron chi connectivity index (χ1n) is 4.69. The van der Waals surface area contributed by atoms with Crippen molar-refractivity contribution in [2.75, 3.05) is 0 Å². The predicted molar refractivity (Wildman–Crippen MR) is 68.2 cm³/mol. The SMILES string of the molecule is FC1(F)C(Br)=CC=C(Br)C1c1ccccc1. The van der Waals surface area contributed by atoms with E-state index in [1.807, 2.05) is 6.07 Å². The molecule has 0 heterocycles. The van der Waals surface area contributed by atoms with E-state index >= 15 is 0 Å². The van der Waals surface area contributed by atoms with Gasteiger partial charge in [-0.1, -0.05) is 52.3 Å². The number of halogens is 4. The number of hydrogen-bond donors (Lipinski definition) is 0. The first-order chi connectivity index (χ1) is 7.53. The van der Waals surface area contributed by atoms with Gasteiger partial charge in [-0.2, -0.15) is 8.78 Å². The molecule has 4 heteroatoms. The van der Waals surface area contributed by atoms with Gasteiger partial charge in [-0.05, 0) is 27.6 Å². The van der Waals surface area contributed by atoms with E-state index in [0.29, 0.717) is 10.0 Å². The highest BCUT2D eigenvalue weighted by Gasteiger charge is 2.46. The molecular weight excluding hydrogens is 342 g/mol. The molecule has 0 nitrogen and oxygen atoms in total. The summed E-state index contributed by atoms with van der Waals surface area (Å²) in [5.41, 5.74) is 0.598. The van der Waals surface area contributed by atoms with Crippen molar-refractivity contribution in [3.63, 3.8) is 0 Å². The van der Waals surface area contributed by atoms with Crippen molar-refractivity contribution in [2.45, 2.75) is 11.8 Å². The first kappa shape index (κ1) is 12.0. The Balaban J connectivity index is 2.49. The van der Waals surface area contributed by atoms with Crippen LogP contribution in [0.3, 0.4) is 0 Å². The summed E-state index contributed by atoms with van der Waals surface area (Å²) in [4.78, 5) is 0. The minimum absolute atomic E-state index is 0.0861. The topological polar surface area (TPSA) is 0 Å². The van der Waals surface area contributed by atoms with Crippen molar-refractivity contribution >= 4 is 31.9 Å². The molecule has 0 amide bonds. The van der Waals surface area contributed by atoms with Gasteiger partial charge in [0.1, 0.15) is 0 Å². The molecule has 0 radical (unpaired) electrons. The summed E-state index contributed by atoms with van der Waals surface area (Å²) in [6.07, 6.45) is 3.03. The highest BCUT2D eigenvalue weighted by atomic mass is 79.9. The number of hydrogen-bond acceptors (Lipinski definition) is 0. The fraction of sp³-hybridized carbons (Fsp3) is 0.167. The second kappa shape index (κ2) is 4.41. The standard InChI is InChI=1S/C12H8Br2F2/c13-9-6-7-10(14)12(15,16)11(9)8-4-2-1-3-5-8/h1-7,11H. The maximum atomic E-state index is 14.0. The molecule has 0 spiro atoms. The van der Waals surface area contributed by atoms with Crippen molar-refractivity contribution in [3.05, 3.63) is 57.0 Å². The minimum Gasteiger partial charge on any atom is -0.200 e. The molecule has 1 aromatic rings. The van der Waals surface area contributed by atoms with Gasteiger partial charge in [0.15, 0.2) is 0 Å². The van der Waals surface area contributed by atoms with Crippen LogP contribution in [0.1, 0.15) is 11.5 Å². The molecule has 0 bridgehead atoms. The van der Waals surface area contributed by atoms with Gasteiger partial charge in [-0.3, -0.25) is 0 Å². The lowest BCUT2D eigenvalue weighted by molar-refractivity contribution is 0.0337. The molecule has 1 aliphatic rings. The maximum absolute atomic E-state index is 14.0. The Kier molecular flexibility index (Phi) is 3.31. The van der Waals surface area contributed by atoms with Crippen LogP contribution < -0.4 is 0 Å². The third-order valence-corrected chi connectivity index (χ3v) is 3.99. The van der Waals surface area contributed by atoms with E-state index in [1.54, 1.807) is 30.3 Å². The fourth-order valence-corrected chi connectivity index (χ4v) is 2.73. The fourth-order valence-electron chi connectivity index (χ4n) is 1.69.